The summed E-state index contributed by atoms with van der Waals surface area (Å²) in [5.74, 6) is 1.26. The first-order valence-corrected chi connectivity index (χ1v) is 9.85. The molecule has 0 spiro atoms. The zero-order chi connectivity index (χ0) is 19.0. The molecule has 1 aliphatic heterocycles. The molecule has 3 aromatic rings. The first kappa shape index (κ1) is 17.6. The highest BCUT2D eigenvalue weighted by Crippen LogP contribution is 2.31. The van der Waals surface area contributed by atoms with Crippen LogP contribution in [-0.4, -0.2) is 44.0 Å². The van der Waals surface area contributed by atoms with Gasteiger partial charge in [0.1, 0.15) is 12.7 Å². The molecule has 0 saturated heterocycles. The number of ether oxygens (including phenoxy) is 2. The zero-order valence-corrected chi connectivity index (χ0v) is 15.4. The minimum atomic E-state index is -3.71. The number of fused-ring (bicyclic) bond motifs is 2. The summed E-state index contributed by atoms with van der Waals surface area (Å²) in [5.41, 5.74) is 0.356. The fourth-order valence-corrected chi connectivity index (χ4v) is 4.25. The highest BCUT2D eigenvalue weighted by Gasteiger charge is 2.28. The quantitative estimate of drug-likeness (QED) is 0.741. The zero-order valence-electron chi connectivity index (χ0n) is 14.6. The number of nitrogens with zero attached hydrogens (tertiary/aromatic N) is 1. The number of hydrogen-bond acceptors (Lipinski definition) is 5. The Labute approximate surface area is 156 Å². The molecule has 0 fully saturated rings. The van der Waals surface area contributed by atoms with Gasteiger partial charge in [0.15, 0.2) is 11.5 Å². The topological polar surface area (TPSA) is 88.7 Å². The van der Waals surface area contributed by atoms with Gasteiger partial charge in [-0.2, -0.15) is 4.31 Å². The van der Waals surface area contributed by atoms with Gasteiger partial charge in [-0.1, -0.05) is 12.1 Å². The van der Waals surface area contributed by atoms with E-state index in [1.54, 1.807) is 24.3 Å². The second kappa shape index (κ2) is 6.71. The van der Waals surface area contributed by atoms with Gasteiger partial charge >= 0.3 is 0 Å². The predicted octanol–water partition coefficient (Wildman–Crippen LogP) is 1.99. The fourth-order valence-electron chi connectivity index (χ4n) is 3.01. The van der Waals surface area contributed by atoms with Gasteiger partial charge in [-0.05, 0) is 41.8 Å². The molecule has 1 N–H and O–H groups in total. The van der Waals surface area contributed by atoms with E-state index in [1.807, 2.05) is 18.2 Å². The van der Waals surface area contributed by atoms with E-state index in [1.165, 1.54) is 23.5 Å². The number of para-hydroxylation sites is 2. The van der Waals surface area contributed by atoms with E-state index in [0.29, 0.717) is 22.4 Å². The third kappa shape index (κ3) is 3.41. The number of hydrogen-bond donors (Lipinski definition) is 1. The van der Waals surface area contributed by atoms with Gasteiger partial charge in [0.2, 0.25) is 15.6 Å². The lowest BCUT2D eigenvalue weighted by atomic mass is 10.2. The molecule has 4 rings (SSSR count). The first-order chi connectivity index (χ1) is 12.9. The molecule has 0 aliphatic carbocycles. The highest BCUT2D eigenvalue weighted by atomic mass is 32.2. The van der Waals surface area contributed by atoms with Crippen molar-refractivity contribution in [2.24, 2.45) is 0 Å². The van der Waals surface area contributed by atoms with E-state index in [0.717, 1.165) is 0 Å². The van der Waals surface area contributed by atoms with Crippen LogP contribution in [0.15, 0.2) is 64.3 Å². The summed E-state index contributed by atoms with van der Waals surface area (Å²) in [7, 11) is -2.20. The second-order valence-corrected chi connectivity index (χ2v) is 8.40. The van der Waals surface area contributed by atoms with Crippen molar-refractivity contribution in [3.05, 3.63) is 65.0 Å². The van der Waals surface area contributed by atoms with E-state index in [2.05, 4.69) is 4.98 Å². The van der Waals surface area contributed by atoms with Crippen molar-refractivity contribution >= 4 is 20.9 Å². The number of likely N-dealkylation sites (N-methyl/N-ethyl adjacent to an activating group) is 1. The molecule has 0 radical (unpaired) electrons. The molecule has 1 atom stereocenters. The van der Waals surface area contributed by atoms with Crippen LogP contribution in [0.4, 0.5) is 0 Å². The average molecular weight is 386 g/mol. The second-order valence-electron chi connectivity index (χ2n) is 6.35. The fraction of sp³-hybridized carbons (Fsp3) is 0.211. The number of aromatic amines is 1. The minimum Gasteiger partial charge on any atom is -0.486 e. The van der Waals surface area contributed by atoms with Crippen LogP contribution in [-0.2, 0) is 10.0 Å². The maximum absolute atomic E-state index is 12.9. The maximum atomic E-state index is 12.9. The molecule has 0 saturated carbocycles. The highest BCUT2D eigenvalue weighted by molar-refractivity contribution is 7.89. The largest absolute Gasteiger partial charge is 0.486 e. The third-order valence-corrected chi connectivity index (χ3v) is 6.25. The molecule has 2 aromatic carbocycles. The number of nitrogens with one attached hydrogen (secondary N) is 1. The summed E-state index contributed by atoms with van der Waals surface area (Å²) in [5, 5.41) is 0.648. The molecule has 0 amide bonds. The van der Waals surface area contributed by atoms with Gasteiger partial charge in [0, 0.05) is 18.6 Å². The van der Waals surface area contributed by atoms with Crippen molar-refractivity contribution in [2.45, 2.75) is 11.0 Å². The van der Waals surface area contributed by atoms with E-state index in [9.17, 15) is 13.2 Å². The van der Waals surface area contributed by atoms with Gasteiger partial charge in [0.25, 0.3) is 0 Å². The number of sulfonamides is 1. The summed E-state index contributed by atoms with van der Waals surface area (Å²) >= 11 is 0. The molecule has 1 unspecified atom stereocenters. The molecule has 1 aromatic heterocycles. The first-order valence-electron chi connectivity index (χ1n) is 8.41. The van der Waals surface area contributed by atoms with Gasteiger partial charge in [-0.15, -0.1) is 0 Å². The van der Waals surface area contributed by atoms with Crippen molar-refractivity contribution in [1.29, 1.82) is 0 Å². The summed E-state index contributed by atoms with van der Waals surface area (Å²) in [4.78, 5) is 14.2. The lowest BCUT2D eigenvalue weighted by Crippen LogP contribution is -2.41. The van der Waals surface area contributed by atoms with Crippen LogP contribution >= 0.6 is 0 Å². The minimum absolute atomic E-state index is 0.153. The molecule has 0 bridgehead atoms. The number of pyridine rings is 1. The van der Waals surface area contributed by atoms with Crippen LogP contribution in [0.3, 0.4) is 0 Å². The lowest BCUT2D eigenvalue weighted by molar-refractivity contribution is 0.0798. The molecule has 27 heavy (non-hydrogen) atoms. The number of aromatic nitrogens is 1. The molecule has 8 heteroatoms. The Balaban J connectivity index is 1.55. The maximum Gasteiger partial charge on any atom is 0.248 e. The monoisotopic (exact) mass is 386 g/mol. The third-order valence-electron chi connectivity index (χ3n) is 4.43. The number of benzene rings is 2. The van der Waals surface area contributed by atoms with Crippen LogP contribution in [0, 0.1) is 0 Å². The van der Waals surface area contributed by atoms with Crippen LogP contribution in [0.25, 0.3) is 10.9 Å². The summed E-state index contributed by atoms with van der Waals surface area (Å²) in [6.45, 7) is 0.427. The predicted molar refractivity (Wildman–Crippen MR) is 101 cm³/mol. The van der Waals surface area contributed by atoms with Crippen LogP contribution in [0.5, 0.6) is 11.5 Å². The Bertz CT molecular complexity index is 1160. The Hall–Kier alpha value is -2.84. The van der Waals surface area contributed by atoms with E-state index in [-0.39, 0.29) is 23.6 Å². The Morgan fingerprint density at radius 3 is 2.70 bits per heavy atom. The van der Waals surface area contributed by atoms with Gasteiger partial charge in [-0.3, -0.25) is 4.79 Å². The van der Waals surface area contributed by atoms with Crippen molar-refractivity contribution in [3.8, 4) is 11.5 Å². The van der Waals surface area contributed by atoms with Crippen molar-refractivity contribution in [2.75, 3.05) is 20.2 Å². The smallest absolute Gasteiger partial charge is 0.248 e. The Kier molecular flexibility index (Phi) is 4.37. The molecular weight excluding hydrogens is 368 g/mol. The molecule has 2 heterocycles. The van der Waals surface area contributed by atoms with Crippen LogP contribution in [0.1, 0.15) is 0 Å². The van der Waals surface area contributed by atoms with E-state index >= 15 is 0 Å². The summed E-state index contributed by atoms with van der Waals surface area (Å²) in [6, 6.07) is 14.9. The number of H-pyrrole nitrogens is 1. The standard InChI is InChI=1S/C19H18N2O5S/c1-21(11-14-12-25-17-4-2-3-5-18(17)26-14)27(23,24)15-7-8-16-13(10-15)6-9-19(22)20-16/h2-10,14H,11-12H2,1H3,(H,20,22). The Morgan fingerprint density at radius 2 is 1.89 bits per heavy atom. The summed E-state index contributed by atoms with van der Waals surface area (Å²) < 4.78 is 38.6. The lowest BCUT2D eigenvalue weighted by Gasteiger charge is -2.29. The van der Waals surface area contributed by atoms with Gasteiger partial charge in [0.05, 0.1) is 11.4 Å². The normalized spacial score (nSPS) is 16.6. The molecule has 140 valence electrons. The van der Waals surface area contributed by atoms with Crippen molar-refractivity contribution < 1.29 is 17.9 Å². The number of rotatable bonds is 4. The molecule has 7 nitrogen and oxygen atoms in total. The van der Waals surface area contributed by atoms with E-state index < -0.39 is 16.1 Å². The van der Waals surface area contributed by atoms with Crippen LogP contribution in [0.2, 0.25) is 0 Å². The SMILES string of the molecule is CN(CC1COc2ccccc2O1)S(=O)(=O)c1ccc2[nH]c(=O)ccc2c1. The molecular formula is C19H18N2O5S. The molecule has 1 aliphatic rings. The Morgan fingerprint density at radius 1 is 1.11 bits per heavy atom. The van der Waals surface area contributed by atoms with Crippen molar-refractivity contribution in [1.82, 2.24) is 9.29 Å². The van der Waals surface area contributed by atoms with Gasteiger partial charge in [-0.25, -0.2) is 8.42 Å². The van der Waals surface area contributed by atoms with Gasteiger partial charge < -0.3 is 14.5 Å². The van der Waals surface area contributed by atoms with Crippen molar-refractivity contribution in [3.63, 3.8) is 0 Å². The van der Waals surface area contributed by atoms with Crippen LogP contribution < -0.4 is 15.0 Å². The average Bonchev–Trinajstić information content (AvgIpc) is 2.67. The summed E-state index contributed by atoms with van der Waals surface area (Å²) in [6.07, 6.45) is -0.406. The van der Waals surface area contributed by atoms with E-state index in [4.69, 9.17) is 9.47 Å².